The SMILES string of the molecule is O=C(NCc1ccc(Cl)cc1)N1CC(N2CCc3ccccc3C2)C1. The summed E-state index contributed by atoms with van der Waals surface area (Å²) >= 11 is 5.88. The van der Waals surface area contributed by atoms with E-state index < -0.39 is 0 Å². The van der Waals surface area contributed by atoms with E-state index in [4.69, 9.17) is 11.6 Å². The molecule has 1 fully saturated rings. The Kier molecular flexibility index (Phi) is 4.64. The summed E-state index contributed by atoms with van der Waals surface area (Å²) in [6.07, 6.45) is 1.11. The topological polar surface area (TPSA) is 35.6 Å². The molecule has 0 atom stereocenters. The number of nitrogens with one attached hydrogen (secondary N) is 1. The molecule has 2 aliphatic rings. The average molecular weight is 356 g/mol. The number of hydrogen-bond acceptors (Lipinski definition) is 2. The Morgan fingerprint density at radius 3 is 2.56 bits per heavy atom. The molecule has 0 aliphatic carbocycles. The van der Waals surface area contributed by atoms with E-state index in [-0.39, 0.29) is 6.03 Å². The standard InChI is InChI=1S/C20H22ClN3O/c21-18-7-5-15(6-8-18)11-22-20(25)24-13-19(14-24)23-10-9-16-3-1-2-4-17(16)12-23/h1-8,19H,9-14H2,(H,22,25). The predicted molar refractivity (Wildman–Crippen MR) is 99.6 cm³/mol. The van der Waals surface area contributed by atoms with Gasteiger partial charge in [-0.25, -0.2) is 4.79 Å². The van der Waals surface area contributed by atoms with Gasteiger partial charge in [0.15, 0.2) is 0 Å². The lowest BCUT2D eigenvalue weighted by molar-refractivity contribution is 0.0482. The molecule has 2 aliphatic heterocycles. The third-order valence-corrected chi connectivity index (χ3v) is 5.44. The molecule has 2 heterocycles. The molecule has 0 spiro atoms. The van der Waals surface area contributed by atoms with Crippen LogP contribution in [0.3, 0.4) is 0 Å². The van der Waals surface area contributed by atoms with Gasteiger partial charge in [0.25, 0.3) is 0 Å². The maximum atomic E-state index is 12.3. The van der Waals surface area contributed by atoms with Gasteiger partial charge >= 0.3 is 6.03 Å². The lowest BCUT2D eigenvalue weighted by Gasteiger charge is -2.46. The summed E-state index contributed by atoms with van der Waals surface area (Å²) in [7, 11) is 0. The third-order valence-electron chi connectivity index (χ3n) is 5.18. The van der Waals surface area contributed by atoms with Crippen molar-refractivity contribution in [1.29, 1.82) is 0 Å². The summed E-state index contributed by atoms with van der Waals surface area (Å²) < 4.78 is 0. The number of halogens is 1. The second-order valence-corrected chi connectivity index (χ2v) is 7.27. The molecule has 2 amide bonds. The smallest absolute Gasteiger partial charge is 0.317 e. The molecule has 130 valence electrons. The van der Waals surface area contributed by atoms with Crippen LogP contribution in [0.5, 0.6) is 0 Å². The Balaban J connectivity index is 1.25. The summed E-state index contributed by atoms with van der Waals surface area (Å²) in [4.78, 5) is 16.7. The number of urea groups is 1. The lowest BCUT2D eigenvalue weighted by Crippen LogP contribution is -2.63. The van der Waals surface area contributed by atoms with E-state index in [1.54, 1.807) is 0 Å². The van der Waals surface area contributed by atoms with Gasteiger partial charge in [-0.05, 0) is 35.2 Å². The van der Waals surface area contributed by atoms with Gasteiger partial charge in [-0.15, -0.1) is 0 Å². The zero-order valence-corrected chi connectivity index (χ0v) is 14.9. The van der Waals surface area contributed by atoms with Crippen LogP contribution in [0.15, 0.2) is 48.5 Å². The highest BCUT2D eigenvalue weighted by Gasteiger charge is 2.35. The molecule has 1 saturated heterocycles. The molecular formula is C20H22ClN3O. The van der Waals surface area contributed by atoms with Gasteiger partial charge in [0.1, 0.15) is 0 Å². The maximum absolute atomic E-state index is 12.3. The van der Waals surface area contributed by atoms with E-state index >= 15 is 0 Å². The molecule has 2 aromatic rings. The highest BCUT2D eigenvalue weighted by Crippen LogP contribution is 2.24. The Morgan fingerprint density at radius 1 is 1.08 bits per heavy atom. The van der Waals surface area contributed by atoms with Crippen molar-refractivity contribution in [2.75, 3.05) is 19.6 Å². The van der Waals surface area contributed by atoms with Crippen LogP contribution in [0.25, 0.3) is 0 Å². The quantitative estimate of drug-likeness (QED) is 0.917. The molecule has 4 rings (SSSR count). The molecule has 0 radical (unpaired) electrons. The Bertz CT molecular complexity index is 756. The van der Waals surface area contributed by atoms with Gasteiger partial charge < -0.3 is 10.2 Å². The fourth-order valence-corrected chi connectivity index (χ4v) is 3.70. The van der Waals surface area contributed by atoms with E-state index in [9.17, 15) is 4.79 Å². The van der Waals surface area contributed by atoms with Gasteiger partial charge in [0.2, 0.25) is 0 Å². The first-order valence-corrected chi connectivity index (χ1v) is 9.15. The van der Waals surface area contributed by atoms with Gasteiger partial charge in [-0.1, -0.05) is 48.0 Å². The number of amides is 2. The van der Waals surface area contributed by atoms with Crippen molar-refractivity contribution >= 4 is 17.6 Å². The Labute approximate surface area is 153 Å². The minimum absolute atomic E-state index is 0.0172. The number of benzene rings is 2. The minimum atomic E-state index is 0.0172. The Morgan fingerprint density at radius 2 is 1.80 bits per heavy atom. The van der Waals surface area contributed by atoms with Crippen LogP contribution in [-0.4, -0.2) is 41.5 Å². The second-order valence-electron chi connectivity index (χ2n) is 6.83. The zero-order valence-electron chi connectivity index (χ0n) is 14.1. The highest BCUT2D eigenvalue weighted by atomic mass is 35.5. The number of fused-ring (bicyclic) bond motifs is 1. The first kappa shape index (κ1) is 16.4. The largest absolute Gasteiger partial charge is 0.334 e. The summed E-state index contributed by atoms with van der Waals surface area (Å²) in [5.74, 6) is 0. The van der Waals surface area contributed by atoms with Gasteiger partial charge in [0, 0.05) is 43.8 Å². The predicted octanol–water partition coefficient (Wildman–Crippen LogP) is 3.29. The molecule has 1 N–H and O–H groups in total. The monoisotopic (exact) mass is 355 g/mol. The zero-order chi connectivity index (χ0) is 17.2. The van der Waals surface area contributed by atoms with Gasteiger partial charge in [0.05, 0.1) is 0 Å². The normalized spacial score (nSPS) is 17.7. The van der Waals surface area contributed by atoms with Crippen LogP contribution >= 0.6 is 11.6 Å². The van der Waals surface area contributed by atoms with Crippen molar-refractivity contribution in [1.82, 2.24) is 15.1 Å². The fraction of sp³-hybridized carbons (Fsp3) is 0.350. The van der Waals surface area contributed by atoms with Crippen molar-refractivity contribution in [3.05, 3.63) is 70.2 Å². The maximum Gasteiger partial charge on any atom is 0.317 e. The fourth-order valence-electron chi connectivity index (χ4n) is 3.57. The summed E-state index contributed by atoms with van der Waals surface area (Å²) in [5, 5.41) is 3.70. The van der Waals surface area contributed by atoms with Crippen molar-refractivity contribution < 1.29 is 4.79 Å². The molecule has 5 heteroatoms. The van der Waals surface area contributed by atoms with Crippen molar-refractivity contribution in [3.63, 3.8) is 0 Å². The second kappa shape index (κ2) is 7.06. The molecule has 4 nitrogen and oxygen atoms in total. The van der Waals surface area contributed by atoms with Crippen molar-refractivity contribution in [3.8, 4) is 0 Å². The molecule has 0 aromatic heterocycles. The molecule has 0 bridgehead atoms. The number of nitrogens with zero attached hydrogens (tertiary/aromatic N) is 2. The van der Waals surface area contributed by atoms with E-state index in [1.165, 1.54) is 11.1 Å². The minimum Gasteiger partial charge on any atom is -0.334 e. The molecule has 2 aromatic carbocycles. The number of hydrogen-bond donors (Lipinski definition) is 1. The lowest BCUT2D eigenvalue weighted by atomic mass is 9.97. The molecular weight excluding hydrogens is 334 g/mol. The van der Waals surface area contributed by atoms with Crippen LogP contribution in [-0.2, 0) is 19.5 Å². The Hall–Kier alpha value is -2.04. The first-order valence-electron chi connectivity index (χ1n) is 8.77. The highest BCUT2D eigenvalue weighted by molar-refractivity contribution is 6.30. The summed E-state index contributed by atoms with van der Waals surface area (Å²) in [6.45, 7) is 4.25. The number of carbonyl (C=O) groups is 1. The van der Waals surface area contributed by atoms with Gasteiger partial charge in [-0.2, -0.15) is 0 Å². The molecule has 0 saturated carbocycles. The van der Waals surface area contributed by atoms with Crippen LogP contribution in [0.1, 0.15) is 16.7 Å². The van der Waals surface area contributed by atoms with Gasteiger partial charge in [-0.3, -0.25) is 4.90 Å². The van der Waals surface area contributed by atoms with Crippen molar-refractivity contribution in [2.24, 2.45) is 0 Å². The van der Waals surface area contributed by atoms with E-state index in [2.05, 4.69) is 34.5 Å². The first-order chi connectivity index (χ1) is 12.2. The van der Waals surface area contributed by atoms with Crippen LogP contribution in [0.2, 0.25) is 5.02 Å². The molecule has 0 unspecified atom stereocenters. The van der Waals surface area contributed by atoms with E-state index in [0.717, 1.165) is 38.2 Å². The number of likely N-dealkylation sites (tertiary alicyclic amines) is 1. The molecule has 25 heavy (non-hydrogen) atoms. The van der Waals surface area contributed by atoms with Crippen LogP contribution in [0, 0.1) is 0 Å². The van der Waals surface area contributed by atoms with Crippen LogP contribution < -0.4 is 5.32 Å². The summed E-state index contributed by atoms with van der Waals surface area (Å²) in [6, 6.07) is 16.7. The van der Waals surface area contributed by atoms with Crippen LogP contribution in [0.4, 0.5) is 4.79 Å². The van der Waals surface area contributed by atoms with E-state index in [0.29, 0.717) is 17.6 Å². The summed E-state index contributed by atoms with van der Waals surface area (Å²) in [5.41, 5.74) is 3.96. The van der Waals surface area contributed by atoms with E-state index in [1.807, 2.05) is 29.2 Å². The van der Waals surface area contributed by atoms with Crippen molar-refractivity contribution in [2.45, 2.75) is 25.6 Å². The number of carbonyl (C=O) groups excluding carboxylic acids is 1. The average Bonchev–Trinajstić information content (AvgIpc) is 2.60. The number of rotatable bonds is 3. The third kappa shape index (κ3) is 3.65.